The Labute approximate surface area is 124 Å². The molecule has 21 heavy (non-hydrogen) atoms. The third-order valence-corrected chi connectivity index (χ3v) is 4.35. The lowest BCUT2D eigenvalue weighted by Gasteiger charge is -2.26. The number of nitrogens with one attached hydrogen (secondary N) is 2. The quantitative estimate of drug-likeness (QED) is 0.785. The Hall–Kier alpha value is -1.95. The van der Waals surface area contributed by atoms with E-state index < -0.39 is 17.7 Å². The first kappa shape index (κ1) is 15.4. The minimum atomic E-state index is -1.05. The first-order chi connectivity index (χ1) is 9.66. The van der Waals surface area contributed by atoms with Gasteiger partial charge in [0.25, 0.3) is 0 Å². The molecule has 0 bridgehead atoms. The fraction of sp³-hybridized carbons (Fsp3) is 0.533. The first-order valence-corrected chi connectivity index (χ1v) is 6.97. The number of hydrogen-bond donors (Lipinski definition) is 3. The molecule has 1 aliphatic heterocycles. The number of carboxylic acids is 1. The van der Waals surface area contributed by atoms with Gasteiger partial charge in [0, 0.05) is 5.69 Å². The Morgan fingerprint density at radius 3 is 2.52 bits per heavy atom. The maximum atomic E-state index is 12.2. The largest absolute Gasteiger partial charge is 0.478 e. The molecule has 2 heterocycles. The monoisotopic (exact) mass is 291 g/mol. The summed E-state index contributed by atoms with van der Waals surface area (Å²) in [5.74, 6) is -1.11. The number of amides is 1. The highest BCUT2D eigenvalue weighted by Gasteiger charge is 2.46. The summed E-state index contributed by atoms with van der Waals surface area (Å²) in [6, 6.07) is 1.60. The van der Waals surface area contributed by atoms with Crippen molar-refractivity contribution in [2.24, 2.45) is 5.92 Å². The number of aryl methyl sites for hydroxylation is 2. The van der Waals surface area contributed by atoms with Crippen molar-refractivity contribution in [1.82, 2.24) is 15.6 Å². The van der Waals surface area contributed by atoms with Gasteiger partial charge in [-0.1, -0.05) is 13.8 Å². The molecule has 0 radical (unpaired) electrons. The molecule has 1 aromatic heterocycles. The van der Waals surface area contributed by atoms with E-state index in [4.69, 9.17) is 0 Å². The zero-order chi connectivity index (χ0) is 15.9. The number of hydrogen-bond acceptors (Lipinski definition) is 4. The highest BCUT2D eigenvalue weighted by atomic mass is 16.4. The second-order valence-corrected chi connectivity index (χ2v) is 6.04. The van der Waals surface area contributed by atoms with Gasteiger partial charge in [-0.05, 0) is 38.3 Å². The highest BCUT2D eigenvalue weighted by Crippen LogP contribution is 2.29. The predicted molar refractivity (Wildman–Crippen MR) is 77.9 cm³/mol. The van der Waals surface area contributed by atoms with Crippen LogP contribution in [0.1, 0.15) is 54.2 Å². The van der Waals surface area contributed by atoms with Gasteiger partial charge in [0.1, 0.15) is 6.17 Å². The summed E-state index contributed by atoms with van der Waals surface area (Å²) >= 11 is 0. The molecular formula is C15H21N3O3. The van der Waals surface area contributed by atoms with Gasteiger partial charge in [0.05, 0.1) is 16.8 Å². The Bertz CT molecular complexity index is 612. The smallest absolute Gasteiger partial charge is 0.337 e. The number of aromatic nitrogens is 1. The lowest BCUT2D eigenvalue weighted by atomic mass is 9.89. The molecular weight excluding hydrogens is 270 g/mol. The predicted octanol–water partition coefficient (Wildman–Crippen LogP) is 1.53. The van der Waals surface area contributed by atoms with Crippen LogP contribution in [0.5, 0.6) is 0 Å². The molecule has 1 aromatic rings. The van der Waals surface area contributed by atoms with Gasteiger partial charge in [-0.15, -0.1) is 0 Å². The summed E-state index contributed by atoms with van der Waals surface area (Å²) in [6.07, 6.45) is -0.588. The summed E-state index contributed by atoms with van der Waals surface area (Å²) in [4.78, 5) is 28.0. The van der Waals surface area contributed by atoms with E-state index in [1.807, 2.05) is 34.6 Å². The number of nitrogens with zero attached hydrogens (tertiary/aromatic N) is 1. The second-order valence-electron chi connectivity index (χ2n) is 6.04. The van der Waals surface area contributed by atoms with Crippen molar-refractivity contribution in [3.63, 3.8) is 0 Å². The van der Waals surface area contributed by atoms with E-state index in [2.05, 4.69) is 15.6 Å². The maximum Gasteiger partial charge on any atom is 0.337 e. The van der Waals surface area contributed by atoms with E-state index in [1.54, 1.807) is 6.07 Å². The lowest BCUT2D eigenvalue weighted by molar-refractivity contribution is -0.125. The van der Waals surface area contributed by atoms with Crippen LogP contribution < -0.4 is 10.6 Å². The molecule has 0 saturated carbocycles. The van der Waals surface area contributed by atoms with Crippen molar-refractivity contribution in [3.05, 3.63) is 28.6 Å². The van der Waals surface area contributed by atoms with Gasteiger partial charge in [-0.25, -0.2) is 4.79 Å². The number of pyridine rings is 1. The van der Waals surface area contributed by atoms with Gasteiger partial charge in [-0.3, -0.25) is 15.1 Å². The average Bonchev–Trinajstić information content (AvgIpc) is 2.69. The van der Waals surface area contributed by atoms with Crippen LogP contribution in [0.25, 0.3) is 0 Å². The van der Waals surface area contributed by atoms with Gasteiger partial charge in [0.15, 0.2) is 0 Å². The average molecular weight is 291 g/mol. The normalized spacial score (nSPS) is 25.2. The van der Waals surface area contributed by atoms with Gasteiger partial charge in [0.2, 0.25) is 5.91 Å². The summed E-state index contributed by atoms with van der Waals surface area (Å²) in [6.45, 7) is 9.34. The fourth-order valence-corrected chi connectivity index (χ4v) is 2.36. The molecule has 6 nitrogen and oxygen atoms in total. The number of carbonyl (C=O) groups excluding carboxylic acids is 1. The number of aromatic carboxylic acids is 1. The van der Waals surface area contributed by atoms with E-state index in [1.165, 1.54) is 0 Å². The van der Waals surface area contributed by atoms with Crippen molar-refractivity contribution in [2.45, 2.75) is 46.3 Å². The Morgan fingerprint density at radius 2 is 2.05 bits per heavy atom. The number of carbonyl (C=O) groups is 2. The third-order valence-electron chi connectivity index (χ3n) is 4.35. The molecule has 114 valence electrons. The Kier molecular flexibility index (Phi) is 3.76. The lowest BCUT2D eigenvalue weighted by Crippen LogP contribution is -2.48. The van der Waals surface area contributed by atoms with E-state index >= 15 is 0 Å². The molecule has 2 unspecified atom stereocenters. The molecule has 6 heteroatoms. The molecule has 0 aromatic carbocycles. The summed E-state index contributed by atoms with van der Waals surface area (Å²) in [5, 5.41) is 15.4. The van der Waals surface area contributed by atoms with E-state index in [0.717, 1.165) is 11.3 Å². The van der Waals surface area contributed by atoms with E-state index in [9.17, 15) is 14.7 Å². The maximum absolute atomic E-state index is 12.2. The van der Waals surface area contributed by atoms with E-state index in [-0.39, 0.29) is 17.4 Å². The number of carboxylic acid groups (broad SMARTS) is 1. The molecule has 1 aliphatic rings. The van der Waals surface area contributed by atoms with Crippen molar-refractivity contribution < 1.29 is 14.7 Å². The van der Waals surface area contributed by atoms with Crippen LogP contribution in [0.2, 0.25) is 0 Å². The van der Waals surface area contributed by atoms with Crippen molar-refractivity contribution in [1.29, 1.82) is 0 Å². The molecule has 0 spiro atoms. The summed E-state index contributed by atoms with van der Waals surface area (Å²) < 4.78 is 0. The second kappa shape index (κ2) is 5.11. The summed E-state index contributed by atoms with van der Waals surface area (Å²) in [7, 11) is 0. The first-order valence-electron chi connectivity index (χ1n) is 6.97. The van der Waals surface area contributed by atoms with Crippen LogP contribution in [-0.2, 0) is 4.79 Å². The molecule has 1 saturated heterocycles. The zero-order valence-corrected chi connectivity index (χ0v) is 12.9. The van der Waals surface area contributed by atoms with E-state index in [0.29, 0.717) is 5.69 Å². The van der Waals surface area contributed by atoms with Crippen LogP contribution in [0.3, 0.4) is 0 Å². The van der Waals surface area contributed by atoms with Crippen LogP contribution in [0, 0.1) is 19.8 Å². The minimum Gasteiger partial charge on any atom is -0.478 e. The SMILES string of the molecule is Cc1cc(C(=O)O)c(C2NC(=O)C(C)(C(C)C)N2)nc1C. The Morgan fingerprint density at radius 1 is 1.43 bits per heavy atom. The van der Waals surface area contributed by atoms with Gasteiger partial charge in [-0.2, -0.15) is 0 Å². The fourth-order valence-electron chi connectivity index (χ4n) is 2.36. The van der Waals surface area contributed by atoms with Crippen molar-refractivity contribution >= 4 is 11.9 Å². The topological polar surface area (TPSA) is 91.3 Å². The Balaban J connectivity index is 2.47. The molecule has 2 rings (SSSR count). The highest BCUT2D eigenvalue weighted by molar-refractivity contribution is 5.92. The number of rotatable bonds is 3. The molecule has 2 atom stereocenters. The third kappa shape index (κ3) is 2.51. The van der Waals surface area contributed by atoms with Crippen molar-refractivity contribution in [3.8, 4) is 0 Å². The molecule has 3 N–H and O–H groups in total. The zero-order valence-electron chi connectivity index (χ0n) is 12.9. The minimum absolute atomic E-state index is 0.0716. The van der Waals surface area contributed by atoms with Crippen LogP contribution in [0.15, 0.2) is 6.07 Å². The van der Waals surface area contributed by atoms with Crippen LogP contribution in [0.4, 0.5) is 0 Å². The van der Waals surface area contributed by atoms with Gasteiger partial charge < -0.3 is 10.4 Å². The molecule has 1 amide bonds. The van der Waals surface area contributed by atoms with Gasteiger partial charge >= 0.3 is 5.97 Å². The van der Waals surface area contributed by atoms with Crippen LogP contribution in [-0.4, -0.2) is 27.5 Å². The van der Waals surface area contributed by atoms with Crippen molar-refractivity contribution in [2.75, 3.05) is 0 Å². The summed E-state index contributed by atoms with van der Waals surface area (Å²) in [5.41, 5.74) is 1.30. The standard InChI is InChI=1S/C15H21N3O3/c1-7(2)15(5)14(21)17-12(18-15)11-10(13(19)20)6-8(3)9(4)16-11/h6-7,12,18H,1-5H3,(H,17,21)(H,19,20). The molecule has 0 aliphatic carbocycles. The molecule has 1 fully saturated rings. The van der Waals surface area contributed by atoms with Crippen LogP contribution >= 0.6 is 0 Å².